The van der Waals surface area contributed by atoms with Crippen LogP contribution in [0.25, 0.3) is 33.8 Å². The summed E-state index contributed by atoms with van der Waals surface area (Å²) < 4.78 is 41.2. The molecule has 0 aliphatic heterocycles. The molecule has 176 valence electrons. The predicted octanol–water partition coefficient (Wildman–Crippen LogP) is 6.48. The van der Waals surface area contributed by atoms with E-state index >= 15 is 0 Å². The molecule has 1 fully saturated rings. The van der Waals surface area contributed by atoms with E-state index in [2.05, 4.69) is 39.2 Å². The van der Waals surface area contributed by atoms with Crippen LogP contribution >= 0.6 is 11.8 Å². The maximum absolute atomic E-state index is 13.4. The third kappa shape index (κ3) is 4.13. The minimum absolute atomic E-state index is 0.0728. The summed E-state index contributed by atoms with van der Waals surface area (Å²) in [6.45, 7) is 3.72. The van der Waals surface area contributed by atoms with Crippen molar-refractivity contribution < 1.29 is 13.2 Å². The zero-order valence-corrected chi connectivity index (χ0v) is 19.6. The number of thioether (sulfide) groups is 1. The Morgan fingerprint density at radius 1 is 1.12 bits per heavy atom. The molecule has 1 N–H and O–H groups in total. The fraction of sp³-hybridized carbons (Fsp3) is 0.320. The summed E-state index contributed by atoms with van der Waals surface area (Å²) in [4.78, 5) is 25.4. The van der Waals surface area contributed by atoms with Crippen molar-refractivity contribution in [2.75, 3.05) is 5.75 Å². The van der Waals surface area contributed by atoms with Crippen LogP contribution in [0.1, 0.15) is 43.7 Å². The molecule has 3 aromatic heterocycles. The van der Waals surface area contributed by atoms with Crippen molar-refractivity contribution in [3.8, 4) is 22.6 Å². The third-order valence-electron chi connectivity index (χ3n) is 6.02. The molecule has 1 aliphatic rings. The van der Waals surface area contributed by atoms with Gasteiger partial charge in [-0.1, -0.05) is 31.2 Å². The molecule has 0 spiro atoms. The summed E-state index contributed by atoms with van der Waals surface area (Å²) in [6.07, 6.45) is -0.491. The number of imidazole rings is 1. The SMILES string of the molecule is CCSc1cc(-c2ccc(C3CC3)cc2)cnc1-c1nc2c(cc(C(F)(F)F)c(=O)n2CC)[nH]1. The molecule has 0 amide bonds. The standard InChI is InChI=1S/C25H23F3N4OS/c1-3-32-23-19(12-18(24(32)33)25(26,27)28)30-22(31-23)21-20(34-4-2)11-17(13-29-21)16-9-7-15(8-10-16)14-5-6-14/h7-14H,3-6H2,1-2H3,(H,30,31). The van der Waals surface area contributed by atoms with Gasteiger partial charge in [-0.05, 0) is 54.7 Å². The average molecular weight is 485 g/mol. The number of pyridine rings is 2. The number of aromatic nitrogens is 4. The van der Waals surface area contributed by atoms with Crippen molar-refractivity contribution in [3.63, 3.8) is 0 Å². The number of benzene rings is 1. The lowest BCUT2D eigenvalue weighted by atomic mass is 10.0. The molecule has 9 heteroatoms. The van der Waals surface area contributed by atoms with Crippen molar-refractivity contribution in [1.82, 2.24) is 19.5 Å². The molecule has 3 heterocycles. The number of hydrogen-bond acceptors (Lipinski definition) is 4. The molecule has 0 atom stereocenters. The number of aryl methyl sites for hydroxylation is 1. The summed E-state index contributed by atoms with van der Waals surface area (Å²) in [5, 5.41) is 0. The highest BCUT2D eigenvalue weighted by atomic mass is 32.2. The number of rotatable bonds is 6. The Morgan fingerprint density at radius 3 is 2.47 bits per heavy atom. The van der Waals surface area contributed by atoms with E-state index < -0.39 is 17.3 Å². The number of nitrogens with one attached hydrogen (secondary N) is 1. The van der Waals surface area contributed by atoms with Crippen LogP contribution in [0.4, 0.5) is 13.2 Å². The van der Waals surface area contributed by atoms with E-state index in [-0.39, 0.29) is 17.7 Å². The molecule has 5 nitrogen and oxygen atoms in total. The van der Waals surface area contributed by atoms with Gasteiger partial charge in [0.25, 0.3) is 5.56 Å². The number of alkyl halides is 3. The number of hydrogen-bond donors (Lipinski definition) is 1. The van der Waals surface area contributed by atoms with Gasteiger partial charge in [0.05, 0.1) is 5.52 Å². The maximum Gasteiger partial charge on any atom is 0.421 e. The first kappa shape index (κ1) is 22.7. The number of H-pyrrole nitrogens is 1. The first-order chi connectivity index (χ1) is 16.3. The van der Waals surface area contributed by atoms with E-state index in [1.165, 1.54) is 18.4 Å². The summed E-state index contributed by atoms with van der Waals surface area (Å²) in [7, 11) is 0. The quantitative estimate of drug-likeness (QED) is 0.318. The first-order valence-electron chi connectivity index (χ1n) is 11.2. The molecule has 1 saturated carbocycles. The highest BCUT2D eigenvalue weighted by Crippen LogP contribution is 2.41. The molecule has 1 aromatic carbocycles. The minimum atomic E-state index is -4.74. The summed E-state index contributed by atoms with van der Waals surface area (Å²) >= 11 is 1.58. The molecule has 4 aromatic rings. The van der Waals surface area contributed by atoms with Crippen LogP contribution in [-0.2, 0) is 12.7 Å². The Balaban J connectivity index is 1.59. The molecular weight excluding hydrogens is 461 g/mol. The Labute approximate surface area is 198 Å². The van der Waals surface area contributed by atoms with Crippen LogP contribution in [0.15, 0.2) is 52.3 Å². The van der Waals surface area contributed by atoms with E-state index in [1.54, 1.807) is 24.9 Å². The minimum Gasteiger partial charge on any atom is -0.335 e. The Kier molecular flexibility index (Phi) is 5.75. The number of nitrogens with zero attached hydrogens (tertiary/aromatic N) is 3. The Morgan fingerprint density at radius 2 is 1.85 bits per heavy atom. The van der Waals surface area contributed by atoms with Crippen molar-refractivity contribution in [1.29, 1.82) is 0 Å². The summed E-state index contributed by atoms with van der Waals surface area (Å²) in [5.41, 5.74) is 1.95. The third-order valence-corrected chi connectivity index (χ3v) is 6.93. The number of halogens is 3. The van der Waals surface area contributed by atoms with Gasteiger partial charge in [0.15, 0.2) is 11.5 Å². The van der Waals surface area contributed by atoms with Crippen LogP contribution < -0.4 is 5.56 Å². The maximum atomic E-state index is 13.4. The fourth-order valence-electron chi connectivity index (χ4n) is 4.15. The highest BCUT2D eigenvalue weighted by molar-refractivity contribution is 7.99. The summed E-state index contributed by atoms with van der Waals surface area (Å²) in [6, 6.07) is 11.4. The average Bonchev–Trinajstić information content (AvgIpc) is 3.58. The van der Waals surface area contributed by atoms with Gasteiger partial charge in [0.2, 0.25) is 0 Å². The lowest BCUT2D eigenvalue weighted by Gasteiger charge is -2.09. The molecule has 5 rings (SSSR count). The van der Waals surface area contributed by atoms with Crippen molar-refractivity contribution >= 4 is 22.9 Å². The lowest BCUT2D eigenvalue weighted by molar-refractivity contribution is -0.138. The smallest absolute Gasteiger partial charge is 0.335 e. The second kappa shape index (κ2) is 8.61. The zero-order chi connectivity index (χ0) is 24.0. The van der Waals surface area contributed by atoms with Crippen LogP contribution in [0.2, 0.25) is 0 Å². The Bertz CT molecular complexity index is 1420. The predicted molar refractivity (Wildman–Crippen MR) is 128 cm³/mol. The topological polar surface area (TPSA) is 63.6 Å². The highest BCUT2D eigenvalue weighted by Gasteiger charge is 2.35. The van der Waals surface area contributed by atoms with Gasteiger partial charge in [-0.25, -0.2) is 4.98 Å². The molecule has 1 aliphatic carbocycles. The molecular formula is C25H23F3N4OS. The van der Waals surface area contributed by atoms with Crippen LogP contribution in [0.5, 0.6) is 0 Å². The Hall–Kier alpha value is -3.07. The molecule has 34 heavy (non-hydrogen) atoms. The van der Waals surface area contributed by atoms with Crippen molar-refractivity contribution in [3.05, 3.63) is 64.1 Å². The normalized spacial score (nSPS) is 14.1. The van der Waals surface area contributed by atoms with Gasteiger partial charge in [0, 0.05) is 23.2 Å². The van der Waals surface area contributed by atoms with Gasteiger partial charge in [-0.2, -0.15) is 13.2 Å². The van der Waals surface area contributed by atoms with Crippen LogP contribution in [0, 0.1) is 0 Å². The lowest BCUT2D eigenvalue weighted by Crippen LogP contribution is -2.28. The van der Waals surface area contributed by atoms with E-state index in [1.807, 2.05) is 13.0 Å². The van der Waals surface area contributed by atoms with E-state index in [0.29, 0.717) is 17.4 Å². The molecule has 0 bridgehead atoms. The number of fused-ring (bicyclic) bond motifs is 1. The zero-order valence-electron chi connectivity index (χ0n) is 18.7. The second-order valence-corrected chi connectivity index (χ2v) is 9.63. The summed E-state index contributed by atoms with van der Waals surface area (Å²) in [5.74, 6) is 1.81. The molecule has 0 unspecified atom stereocenters. The van der Waals surface area contributed by atoms with E-state index in [4.69, 9.17) is 0 Å². The van der Waals surface area contributed by atoms with E-state index in [9.17, 15) is 18.0 Å². The number of aromatic amines is 1. The van der Waals surface area contributed by atoms with E-state index in [0.717, 1.165) is 32.4 Å². The van der Waals surface area contributed by atoms with Crippen molar-refractivity contribution in [2.24, 2.45) is 0 Å². The van der Waals surface area contributed by atoms with Crippen LogP contribution in [-0.4, -0.2) is 25.3 Å². The molecule has 0 saturated heterocycles. The van der Waals surface area contributed by atoms with Gasteiger partial charge < -0.3 is 4.98 Å². The van der Waals surface area contributed by atoms with Gasteiger partial charge in [-0.3, -0.25) is 14.3 Å². The van der Waals surface area contributed by atoms with Gasteiger partial charge >= 0.3 is 6.18 Å². The second-order valence-electron chi connectivity index (χ2n) is 8.33. The van der Waals surface area contributed by atoms with Crippen LogP contribution in [0.3, 0.4) is 0 Å². The van der Waals surface area contributed by atoms with Crippen molar-refractivity contribution in [2.45, 2.75) is 50.2 Å². The fourth-order valence-corrected chi connectivity index (χ4v) is 4.96. The van der Waals surface area contributed by atoms with Gasteiger partial charge in [0.1, 0.15) is 11.3 Å². The monoisotopic (exact) mass is 484 g/mol. The largest absolute Gasteiger partial charge is 0.421 e. The molecule has 0 radical (unpaired) electrons. The first-order valence-corrected chi connectivity index (χ1v) is 12.2. The van der Waals surface area contributed by atoms with Gasteiger partial charge in [-0.15, -0.1) is 11.8 Å².